The van der Waals surface area contributed by atoms with E-state index in [1.165, 1.54) is 24.3 Å². The van der Waals surface area contributed by atoms with E-state index >= 15 is 0 Å². The van der Waals surface area contributed by atoms with Gasteiger partial charge in [0.25, 0.3) is 11.6 Å². The molecule has 0 bridgehead atoms. The Hall–Kier alpha value is -2.83. The average molecular weight is 681 g/mol. The smallest absolute Gasteiger partial charge is 0.473 e. The molecule has 5 atom stereocenters. The van der Waals surface area contributed by atoms with Gasteiger partial charge in [0, 0.05) is 18.0 Å². The van der Waals surface area contributed by atoms with Gasteiger partial charge in [0.1, 0.15) is 12.7 Å². The Labute approximate surface area is 247 Å². The van der Waals surface area contributed by atoms with Crippen LogP contribution in [0, 0.1) is 0 Å². The maximum Gasteiger partial charge on any atom is 0.489 e. The molecule has 3 unspecified atom stereocenters. The third-order valence-electron chi connectivity index (χ3n) is 5.77. The summed E-state index contributed by atoms with van der Waals surface area (Å²) < 4.78 is 60.0. The van der Waals surface area contributed by atoms with Crippen molar-refractivity contribution in [2.24, 2.45) is 0 Å². The Balaban J connectivity index is 1.40. The molecule has 240 valence electrons. The van der Waals surface area contributed by atoms with Crippen LogP contribution in [0.3, 0.4) is 0 Å². The molecule has 0 amide bonds. The van der Waals surface area contributed by atoms with Crippen LogP contribution in [0.1, 0.15) is 11.8 Å². The number of phosphoric acid groups is 2. The lowest BCUT2D eigenvalue weighted by atomic mass is 10.0. The average Bonchev–Trinajstić information content (AvgIpc) is 3.09. The predicted octanol–water partition coefficient (Wildman–Crippen LogP) is 0.545. The number of nitrogens with one attached hydrogen (secondary N) is 1. The van der Waals surface area contributed by atoms with E-state index in [2.05, 4.69) is 18.1 Å². The van der Waals surface area contributed by atoms with Crippen LogP contribution < -0.4 is 15.5 Å². The number of phosphoric ester groups is 1. The SMILES string of the molecule is O=c1nc(OCc2ccccc2)ccn1[C@@H]1O[C@H](COP(=O)(O)OP(=O)(O)OP(=O)(O)Nc2ccccc2)C(O)(O)C1(O)O. The fraction of sp³-hybridized carbons (Fsp3) is 0.273. The fourth-order valence-electron chi connectivity index (χ4n) is 3.73. The number of anilines is 1. The van der Waals surface area contributed by atoms with Crippen molar-refractivity contribution in [3.63, 3.8) is 0 Å². The van der Waals surface area contributed by atoms with Crippen molar-refractivity contribution in [3.8, 4) is 5.88 Å². The van der Waals surface area contributed by atoms with Gasteiger partial charge < -0.3 is 44.6 Å². The van der Waals surface area contributed by atoms with E-state index in [0.29, 0.717) is 4.57 Å². The van der Waals surface area contributed by atoms with Crippen molar-refractivity contribution in [2.45, 2.75) is 30.5 Å². The van der Waals surface area contributed by atoms with Gasteiger partial charge in [-0.25, -0.2) is 18.5 Å². The molecule has 0 aliphatic carbocycles. The summed E-state index contributed by atoms with van der Waals surface area (Å²) in [5.74, 6) is -7.53. The van der Waals surface area contributed by atoms with Gasteiger partial charge in [-0.3, -0.25) is 14.2 Å². The van der Waals surface area contributed by atoms with Crippen LogP contribution >= 0.6 is 23.4 Å². The first-order valence-corrected chi connectivity index (χ1v) is 16.7. The largest absolute Gasteiger partial charge is 0.489 e. The molecular weight excluding hydrogens is 655 g/mol. The minimum Gasteiger partial charge on any atom is -0.473 e. The zero-order valence-electron chi connectivity index (χ0n) is 22.0. The molecule has 1 fully saturated rings. The summed E-state index contributed by atoms with van der Waals surface area (Å²) in [6.07, 6.45) is -3.68. The maximum absolute atomic E-state index is 12.6. The number of hydrogen-bond donors (Lipinski definition) is 8. The van der Waals surface area contributed by atoms with E-state index in [1.54, 1.807) is 36.4 Å². The molecular formula is C22H26N3O16P3. The number of ether oxygens (including phenoxy) is 2. The first-order chi connectivity index (χ1) is 20.4. The molecule has 1 saturated heterocycles. The lowest BCUT2D eigenvalue weighted by Gasteiger charge is -2.31. The third kappa shape index (κ3) is 8.25. The second kappa shape index (κ2) is 12.9. The third-order valence-corrected chi connectivity index (χ3v) is 10.1. The summed E-state index contributed by atoms with van der Waals surface area (Å²) in [6, 6.07) is 17.0. The zero-order valence-corrected chi connectivity index (χ0v) is 24.7. The van der Waals surface area contributed by atoms with Crippen molar-refractivity contribution in [1.82, 2.24) is 9.55 Å². The van der Waals surface area contributed by atoms with Crippen LogP contribution in [0.15, 0.2) is 77.7 Å². The normalized spacial score (nSPS) is 23.2. The number of aliphatic hydroxyl groups is 4. The van der Waals surface area contributed by atoms with Crippen LogP contribution in [-0.4, -0.2) is 68.9 Å². The van der Waals surface area contributed by atoms with Crippen LogP contribution in [0.2, 0.25) is 0 Å². The maximum atomic E-state index is 12.6. The van der Waals surface area contributed by atoms with Gasteiger partial charge in [-0.1, -0.05) is 48.5 Å². The molecule has 1 aliphatic rings. The van der Waals surface area contributed by atoms with Gasteiger partial charge >= 0.3 is 29.1 Å². The molecule has 22 heteroatoms. The first-order valence-electron chi connectivity index (χ1n) is 12.1. The van der Waals surface area contributed by atoms with Crippen LogP contribution in [0.4, 0.5) is 5.69 Å². The number of nitrogens with zero attached hydrogens (tertiary/aromatic N) is 2. The number of para-hydroxylation sites is 1. The Morgan fingerprint density at radius 2 is 1.48 bits per heavy atom. The minimum absolute atomic E-state index is 0.0305. The van der Waals surface area contributed by atoms with Gasteiger partial charge in [-0.2, -0.15) is 13.6 Å². The molecule has 0 saturated carbocycles. The van der Waals surface area contributed by atoms with Gasteiger partial charge in [0.2, 0.25) is 5.88 Å². The van der Waals surface area contributed by atoms with Crippen molar-refractivity contribution >= 4 is 29.1 Å². The van der Waals surface area contributed by atoms with Crippen molar-refractivity contribution in [2.75, 3.05) is 11.7 Å². The predicted molar refractivity (Wildman–Crippen MR) is 145 cm³/mol. The molecule has 8 N–H and O–H groups in total. The second-order valence-electron chi connectivity index (χ2n) is 9.05. The standard InChI is InChI=1S/C22H26N3O16P3/c26-20-23-18(37-13-15-7-3-1-4-8-15)11-12-25(20)19-22(29,30)21(27,28)17(39-19)14-38-43(33,34)41-44(35,36)40-42(31,32)24-16-9-5-2-6-10-16/h1-12,17,19,27-30H,13-14H2,(H,33,34)(H,35,36)(H2,24,31,32)/t17-,19-/m1/s1. The highest BCUT2D eigenvalue weighted by molar-refractivity contribution is 7.68. The highest BCUT2D eigenvalue weighted by atomic mass is 31.3. The van der Waals surface area contributed by atoms with E-state index < -0.39 is 59.6 Å². The van der Waals surface area contributed by atoms with E-state index in [4.69, 9.17) is 9.47 Å². The Bertz CT molecular complexity index is 1660. The van der Waals surface area contributed by atoms with Gasteiger partial charge in [-0.05, 0) is 17.7 Å². The van der Waals surface area contributed by atoms with Crippen LogP contribution in [0.25, 0.3) is 0 Å². The summed E-state index contributed by atoms with van der Waals surface area (Å²) in [5, 5.41) is 43.5. The van der Waals surface area contributed by atoms with Crippen LogP contribution in [0.5, 0.6) is 5.88 Å². The van der Waals surface area contributed by atoms with Gasteiger partial charge in [0.05, 0.1) is 6.61 Å². The Kier molecular flexibility index (Phi) is 9.97. The quantitative estimate of drug-likeness (QED) is 0.0902. The summed E-state index contributed by atoms with van der Waals surface area (Å²) in [5.41, 5.74) is -0.478. The van der Waals surface area contributed by atoms with Crippen molar-refractivity contribution < 1.29 is 71.4 Å². The topological polar surface area (TPSA) is 286 Å². The van der Waals surface area contributed by atoms with E-state index in [1.807, 2.05) is 5.09 Å². The Morgan fingerprint density at radius 3 is 2.09 bits per heavy atom. The zero-order chi connectivity index (χ0) is 32.4. The lowest BCUT2D eigenvalue weighted by molar-refractivity contribution is -0.355. The summed E-state index contributed by atoms with van der Waals surface area (Å²) in [4.78, 5) is 45.6. The number of hydrogen-bond acceptors (Lipinski definition) is 14. The Morgan fingerprint density at radius 1 is 0.864 bits per heavy atom. The molecule has 44 heavy (non-hydrogen) atoms. The second-order valence-corrected chi connectivity index (χ2v) is 13.8. The highest BCUT2D eigenvalue weighted by Gasteiger charge is 2.67. The van der Waals surface area contributed by atoms with Gasteiger partial charge in [-0.15, -0.1) is 0 Å². The molecule has 2 heterocycles. The van der Waals surface area contributed by atoms with E-state index in [-0.39, 0.29) is 18.2 Å². The van der Waals surface area contributed by atoms with E-state index in [9.17, 15) is 53.6 Å². The first kappa shape index (κ1) is 34.1. The highest BCUT2D eigenvalue weighted by Crippen LogP contribution is 2.67. The molecule has 1 aromatic heterocycles. The van der Waals surface area contributed by atoms with Gasteiger partial charge in [0.15, 0.2) is 6.23 Å². The number of aromatic nitrogens is 2. The summed E-state index contributed by atoms with van der Waals surface area (Å²) in [6.45, 7) is -1.41. The molecule has 1 aliphatic heterocycles. The molecule has 0 spiro atoms. The molecule has 0 radical (unpaired) electrons. The minimum atomic E-state index is -5.83. The molecule has 4 rings (SSSR count). The monoisotopic (exact) mass is 681 g/mol. The van der Waals surface area contributed by atoms with Crippen molar-refractivity contribution in [3.05, 3.63) is 89.0 Å². The fourth-order valence-corrected chi connectivity index (χ4v) is 7.43. The van der Waals surface area contributed by atoms with E-state index in [0.717, 1.165) is 17.8 Å². The van der Waals surface area contributed by atoms with Crippen molar-refractivity contribution in [1.29, 1.82) is 0 Å². The number of rotatable bonds is 13. The molecule has 19 nitrogen and oxygen atoms in total. The molecule has 2 aromatic carbocycles. The number of benzene rings is 2. The van der Waals surface area contributed by atoms with Crippen LogP contribution in [-0.2, 0) is 38.2 Å². The lowest BCUT2D eigenvalue weighted by Crippen LogP contribution is -2.59. The molecule has 3 aromatic rings. The summed E-state index contributed by atoms with van der Waals surface area (Å²) >= 11 is 0. The summed E-state index contributed by atoms with van der Waals surface area (Å²) in [7, 11) is -16.7.